The summed E-state index contributed by atoms with van der Waals surface area (Å²) in [5.74, 6) is 1.90. The molecule has 6 heterocycles. The Morgan fingerprint density at radius 3 is 2.22 bits per heavy atom. The van der Waals surface area contributed by atoms with Gasteiger partial charge >= 0.3 is 0 Å². The number of alkyl halides is 2. The minimum Gasteiger partial charge on any atom is -0.488 e. The van der Waals surface area contributed by atoms with Crippen LogP contribution >= 0.6 is 0 Å². The van der Waals surface area contributed by atoms with E-state index in [-0.39, 0.29) is 18.9 Å². The molecule has 3 N–H and O–H groups in total. The van der Waals surface area contributed by atoms with Gasteiger partial charge in [-0.2, -0.15) is 0 Å². The van der Waals surface area contributed by atoms with Crippen LogP contribution in [0.4, 0.5) is 20.2 Å². The summed E-state index contributed by atoms with van der Waals surface area (Å²) in [5.41, 5.74) is 10.1. The van der Waals surface area contributed by atoms with Gasteiger partial charge in [-0.25, -0.2) is 23.1 Å². The van der Waals surface area contributed by atoms with E-state index >= 15 is 0 Å². The lowest BCUT2D eigenvalue weighted by Gasteiger charge is -2.14. The summed E-state index contributed by atoms with van der Waals surface area (Å²) in [6, 6.07) is 12.9. The second kappa shape index (κ2) is 12.9. The van der Waals surface area contributed by atoms with E-state index in [0.717, 1.165) is 11.4 Å². The van der Waals surface area contributed by atoms with Crippen LogP contribution in [0.5, 0.6) is 11.5 Å². The summed E-state index contributed by atoms with van der Waals surface area (Å²) in [6.07, 6.45) is 7.67. The van der Waals surface area contributed by atoms with E-state index in [1.807, 2.05) is 16.8 Å². The first-order valence-corrected chi connectivity index (χ1v) is 15.8. The molecule has 1 aliphatic carbocycles. The van der Waals surface area contributed by atoms with E-state index in [9.17, 15) is 13.6 Å². The molecule has 1 saturated carbocycles. The highest BCUT2D eigenvalue weighted by Crippen LogP contribution is 2.40. The van der Waals surface area contributed by atoms with Gasteiger partial charge in [0.1, 0.15) is 44.3 Å². The van der Waals surface area contributed by atoms with Gasteiger partial charge in [-0.05, 0) is 70.1 Å². The van der Waals surface area contributed by atoms with Crippen LogP contribution in [0.1, 0.15) is 47.0 Å². The molecule has 4 aromatic heterocycles. The molecule has 3 aliphatic rings. The maximum atomic E-state index is 13.5. The summed E-state index contributed by atoms with van der Waals surface area (Å²) < 4.78 is 42.6. The Morgan fingerprint density at radius 1 is 0.880 bits per heavy atom. The van der Waals surface area contributed by atoms with Crippen molar-refractivity contribution < 1.29 is 23.0 Å². The van der Waals surface area contributed by atoms with E-state index in [1.165, 1.54) is 22.2 Å². The number of hydrogen-bond acceptors (Lipinski definition) is 12. The Balaban J connectivity index is 0.000000178. The first kappa shape index (κ1) is 31.0. The number of nitrogens with zero attached hydrogens (tertiary/aromatic N) is 11. The molecular weight excluding hydrogens is 652 g/mol. The first-order chi connectivity index (χ1) is 24.5. The quantitative estimate of drug-likeness (QED) is 0.242. The molecule has 50 heavy (non-hydrogen) atoms. The average Bonchev–Trinajstić information content (AvgIpc) is 3.50. The van der Waals surface area contributed by atoms with Gasteiger partial charge in [0.25, 0.3) is 5.91 Å². The monoisotopic (exact) mass is 681 g/mol. The molecule has 2 atom stereocenters. The third-order valence-corrected chi connectivity index (χ3v) is 8.54. The number of pyridine rings is 1. The normalized spacial score (nSPS) is 17.2. The van der Waals surface area contributed by atoms with Crippen molar-refractivity contribution in [2.75, 3.05) is 37.6 Å². The number of amides is 1. The fraction of sp³-hybridized carbons (Fsp3) is 0.281. The molecule has 0 bridgehead atoms. The number of nitrogen functional groups attached to an aromatic ring is 1. The Labute approximate surface area is 282 Å². The molecule has 16 nitrogen and oxygen atoms in total. The Bertz CT molecular complexity index is 2180. The van der Waals surface area contributed by atoms with E-state index in [4.69, 9.17) is 15.2 Å². The second-order valence-electron chi connectivity index (χ2n) is 11.9. The Morgan fingerprint density at radius 2 is 1.54 bits per heavy atom. The van der Waals surface area contributed by atoms with Crippen molar-refractivity contribution >= 4 is 17.3 Å². The summed E-state index contributed by atoms with van der Waals surface area (Å²) >= 11 is 0. The number of nitrogens with two attached hydrogens (primary N) is 1. The lowest BCUT2D eigenvalue weighted by Crippen LogP contribution is -2.19. The predicted octanol–water partition coefficient (Wildman–Crippen LogP) is 3.78. The number of para-hydroxylation sites is 2. The minimum absolute atomic E-state index is 0.0338. The number of aromatic nitrogens is 11. The van der Waals surface area contributed by atoms with Gasteiger partial charge in [0, 0.05) is 18.3 Å². The second-order valence-corrected chi connectivity index (χ2v) is 11.9. The van der Waals surface area contributed by atoms with Crippen LogP contribution in [-0.2, 0) is 0 Å². The van der Waals surface area contributed by atoms with Gasteiger partial charge in [0.15, 0.2) is 23.1 Å². The zero-order valence-corrected chi connectivity index (χ0v) is 26.3. The fourth-order valence-corrected chi connectivity index (χ4v) is 5.77. The number of halogens is 2. The van der Waals surface area contributed by atoms with Crippen LogP contribution in [0.25, 0.3) is 28.5 Å². The van der Waals surface area contributed by atoms with Crippen molar-refractivity contribution in [1.29, 1.82) is 0 Å². The molecule has 1 fully saturated rings. The van der Waals surface area contributed by atoms with Crippen molar-refractivity contribution in [2.24, 2.45) is 0 Å². The van der Waals surface area contributed by atoms with Crippen LogP contribution in [0.3, 0.4) is 0 Å². The average molecular weight is 682 g/mol. The van der Waals surface area contributed by atoms with E-state index in [1.54, 1.807) is 55.0 Å². The smallest absolute Gasteiger partial charge is 0.274 e. The molecule has 1 amide bonds. The lowest BCUT2D eigenvalue weighted by molar-refractivity contribution is 0.102. The molecule has 9 rings (SSSR count). The van der Waals surface area contributed by atoms with Gasteiger partial charge in [-0.3, -0.25) is 9.78 Å². The maximum Gasteiger partial charge on any atom is 0.274 e. The van der Waals surface area contributed by atoms with Crippen molar-refractivity contribution in [1.82, 2.24) is 54.9 Å². The lowest BCUT2D eigenvalue weighted by atomic mass is 10.1. The van der Waals surface area contributed by atoms with Gasteiger partial charge in [-0.15, -0.1) is 10.2 Å². The van der Waals surface area contributed by atoms with Gasteiger partial charge < -0.3 is 25.1 Å². The highest BCUT2D eigenvalue weighted by Gasteiger charge is 2.29. The molecular formula is C32H29F2N13O3. The summed E-state index contributed by atoms with van der Waals surface area (Å²) in [6.45, 7) is -1.07. The number of tetrazole rings is 2. The molecule has 254 valence electrons. The van der Waals surface area contributed by atoms with Gasteiger partial charge in [0.2, 0.25) is 0 Å². The number of ether oxygens (including phenoxy) is 2. The molecule has 0 saturated heterocycles. The summed E-state index contributed by atoms with van der Waals surface area (Å²) in [4.78, 5) is 21.7. The first-order valence-electron chi connectivity index (χ1n) is 15.8. The topological polar surface area (TPSA) is 191 Å². The number of imidazole rings is 1. The third kappa shape index (κ3) is 5.73. The zero-order valence-electron chi connectivity index (χ0n) is 26.3. The molecule has 0 radical (unpaired) electrons. The number of carbonyl (C=O) groups excluding carboxylic acids is 1. The fourth-order valence-electron chi connectivity index (χ4n) is 5.77. The SMILES string of the molecule is Nc1cccc2c1OC[C@@H](CF)n1nnnc1-2.O=C(Nc1cccc2c1OC[C@@H](CF)n1nnnc1-2)c1cc(-n2cnc(C3CC3)c2)ccn1. The van der Waals surface area contributed by atoms with E-state index < -0.39 is 31.3 Å². The van der Waals surface area contributed by atoms with Crippen molar-refractivity contribution in [3.63, 3.8) is 0 Å². The minimum atomic E-state index is -0.679. The number of nitrogens with one attached hydrogen (secondary N) is 1. The third-order valence-electron chi connectivity index (χ3n) is 8.54. The molecule has 0 unspecified atom stereocenters. The van der Waals surface area contributed by atoms with Crippen LogP contribution in [0, 0.1) is 0 Å². The predicted molar refractivity (Wildman–Crippen MR) is 173 cm³/mol. The van der Waals surface area contributed by atoms with Crippen molar-refractivity contribution in [3.05, 3.63) is 78.6 Å². The van der Waals surface area contributed by atoms with Crippen LogP contribution in [-0.4, -0.2) is 87.4 Å². The Hall–Kier alpha value is -6.33. The van der Waals surface area contributed by atoms with Gasteiger partial charge in [0.05, 0.1) is 40.2 Å². The number of carbonyl (C=O) groups is 1. The molecule has 18 heteroatoms. The molecule has 0 spiro atoms. The maximum absolute atomic E-state index is 13.5. The number of hydrogen-bond donors (Lipinski definition) is 2. The number of rotatable bonds is 6. The highest BCUT2D eigenvalue weighted by molar-refractivity contribution is 6.04. The van der Waals surface area contributed by atoms with E-state index in [2.05, 4.69) is 46.3 Å². The zero-order chi connectivity index (χ0) is 34.2. The molecule has 2 aromatic carbocycles. The highest BCUT2D eigenvalue weighted by atomic mass is 19.1. The van der Waals surface area contributed by atoms with Gasteiger partial charge in [-0.1, -0.05) is 12.1 Å². The van der Waals surface area contributed by atoms with Crippen LogP contribution in [0.15, 0.2) is 67.3 Å². The largest absolute Gasteiger partial charge is 0.488 e. The summed E-state index contributed by atoms with van der Waals surface area (Å²) in [7, 11) is 0. The van der Waals surface area contributed by atoms with Crippen LogP contribution < -0.4 is 20.5 Å². The van der Waals surface area contributed by atoms with Crippen molar-refractivity contribution in [2.45, 2.75) is 30.8 Å². The molecule has 2 aliphatic heterocycles. The summed E-state index contributed by atoms with van der Waals surface area (Å²) in [5, 5.41) is 25.7. The Kier molecular flexibility index (Phi) is 8.01. The van der Waals surface area contributed by atoms with Crippen LogP contribution in [0.2, 0.25) is 0 Å². The standard InChI is InChI=1S/C22H19FN8O2.C10H10FN5O/c23-9-15-11-33-20-16(21-27-28-29-31(15)21)2-1-3-17(20)26-22(32)18-8-14(6-7-24-18)30-10-19(25-12-30)13-4-5-13;11-4-6-5-17-9-7(2-1-3-8(9)12)10-13-14-15-16(6)10/h1-3,6-8,10,12-13,15H,4-5,9,11H2,(H,26,32);1-3,6H,4-5,12H2/t15-;6-/m11/s1. The number of anilines is 2. The number of benzene rings is 2. The van der Waals surface area contributed by atoms with Crippen molar-refractivity contribution in [3.8, 4) is 40.0 Å². The molecule has 6 aromatic rings. The number of fused-ring (bicyclic) bond motifs is 6. The van der Waals surface area contributed by atoms with E-state index in [0.29, 0.717) is 51.6 Å².